The van der Waals surface area contributed by atoms with Crippen molar-refractivity contribution >= 4 is 20.6 Å². The Morgan fingerprint density at radius 3 is 2.50 bits per heavy atom. The normalized spacial score (nSPS) is 23.8. The Morgan fingerprint density at radius 1 is 1.17 bits per heavy atom. The van der Waals surface area contributed by atoms with Gasteiger partial charge in [-0.05, 0) is 24.8 Å². The summed E-state index contributed by atoms with van der Waals surface area (Å²) in [6, 6.07) is 3.60. The van der Waals surface area contributed by atoms with Crippen molar-refractivity contribution in [2.45, 2.75) is 12.8 Å². The Kier molecular flexibility index (Phi) is 4.75. The molecule has 24 heavy (non-hydrogen) atoms. The first kappa shape index (κ1) is 16.8. The van der Waals surface area contributed by atoms with Gasteiger partial charge in [0, 0.05) is 27.3 Å². The third kappa shape index (κ3) is 3.53. The average molecular weight is 351 g/mol. The number of nitrogens with one attached hydrogen (secondary N) is 1. The van der Waals surface area contributed by atoms with E-state index in [9.17, 15) is 4.21 Å². The lowest BCUT2D eigenvalue weighted by atomic mass is 10.0. The molecule has 0 spiro atoms. The largest absolute Gasteiger partial charge is 0.493 e. The van der Waals surface area contributed by atoms with Crippen LogP contribution in [0.25, 0.3) is 10.9 Å². The van der Waals surface area contributed by atoms with Gasteiger partial charge in [0.05, 0.1) is 31.7 Å². The smallest absolute Gasteiger partial charge is 0.224 e. The van der Waals surface area contributed by atoms with Crippen molar-refractivity contribution < 1.29 is 18.4 Å². The number of fused-ring (bicyclic) bond motifs is 1. The summed E-state index contributed by atoms with van der Waals surface area (Å²) in [6.07, 6.45) is 2.96. The molecule has 3 rings (SSSR count). The van der Waals surface area contributed by atoms with Crippen LogP contribution in [0.5, 0.6) is 17.4 Å². The van der Waals surface area contributed by atoms with Gasteiger partial charge in [0.15, 0.2) is 11.5 Å². The maximum atomic E-state index is 11.7. The molecule has 0 atom stereocenters. The van der Waals surface area contributed by atoms with Crippen LogP contribution in [0.2, 0.25) is 0 Å². The lowest BCUT2D eigenvalue weighted by molar-refractivity contribution is 0.233. The first-order valence-electron chi connectivity index (χ1n) is 7.76. The molecule has 1 fully saturated rings. The summed E-state index contributed by atoms with van der Waals surface area (Å²) >= 11 is 0. The molecule has 1 saturated heterocycles. The van der Waals surface area contributed by atoms with E-state index in [1.54, 1.807) is 26.4 Å². The maximum Gasteiger partial charge on any atom is 0.224 e. The molecule has 1 N–H and O–H groups in total. The molecule has 1 aliphatic heterocycles. The average Bonchev–Trinajstić information content (AvgIpc) is 2.59. The van der Waals surface area contributed by atoms with Gasteiger partial charge in [0.25, 0.3) is 0 Å². The molecule has 0 saturated carbocycles. The van der Waals surface area contributed by atoms with Crippen LogP contribution >= 0.6 is 0 Å². The number of nitrogens with zero attached hydrogens (tertiary/aromatic N) is 2. The summed E-state index contributed by atoms with van der Waals surface area (Å²) in [5.74, 6) is 2.91. The number of rotatable bonds is 5. The van der Waals surface area contributed by atoms with Crippen LogP contribution in [-0.2, 0) is 9.73 Å². The van der Waals surface area contributed by atoms with Gasteiger partial charge in [0.2, 0.25) is 5.88 Å². The number of hydrogen-bond donors (Lipinski definition) is 1. The zero-order chi connectivity index (χ0) is 17.2. The van der Waals surface area contributed by atoms with E-state index < -0.39 is 9.73 Å². The first-order chi connectivity index (χ1) is 11.5. The van der Waals surface area contributed by atoms with E-state index in [0.29, 0.717) is 41.4 Å². The molecule has 2 aromatic rings. The van der Waals surface area contributed by atoms with E-state index in [4.69, 9.17) is 19.0 Å². The minimum Gasteiger partial charge on any atom is -0.493 e. The quantitative estimate of drug-likeness (QED) is 0.889. The summed E-state index contributed by atoms with van der Waals surface area (Å²) in [6.45, 7) is 0.496. The summed E-state index contributed by atoms with van der Waals surface area (Å²) < 4.78 is 35.9. The summed E-state index contributed by atoms with van der Waals surface area (Å²) in [5.41, 5.74) is 0.718. The molecule has 1 aromatic carbocycles. The molecule has 1 aliphatic rings. The van der Waals surface area contributed by atoms with E-state index in [2.05, 4.69) is 9.97 Å². The summed E-state index contributed by atoms with van der Waals surface area (Å²) in [4.78, 5) is 8.48. The van der Waals surface area contributed by atoms with Crippen molar-refractivity contribution in [1.82, 2.24) is 9.97 Å². The Balaban J connectivity index is 1.79. The Hall–Kier alpha value is -2.09. The van der Waals surface area contributed by atoms with Gasteiger partial charge in [0.1, 0.15) is 6.33 Å². The maximum absolute atomic E-state index is 11.7. The Labute approximate surface area is 141 Å². The fourth-order valence-corrected chi connectivity index (χ4v) is 4.43. The van der Waals surface area contributed by atoms with E-state index in [1.165, 1.54) is 6.33 Å². The van der Waals surface area contributed by atoms with Gasteiger partial charge < -0.3 is 14.2 Å². The number of ether oxygens (including phenoxy) is 3. The third-order valence-electron chi connectivity index (χ3n) is 4.27. The van der Waals surface area contributed by atoms with Crippen LogP contribution in [0.4, 0.5) is 0 Å². The standard InChI is InChI=1S/C16H21N3O4S/c1-21-14-7-12-13(8-15(14)22-2)18-10-19-16(12)23-9-11-3-5-24(17,20)6-4-11/h7-8,10-11,17H,3-6,9H2,1-2H3. The monoisotopic (exact) mass is 351 g/mol. The fraction of sp³-hybridized carbons (Fsp3) is 0.500. The van der Waals surface area contributed by atoms with Crippen LogP contribution in [-0.4, -0.2) is 46.5 Å². The Bertz CT molecular complexity index is 825. The number of hydrogen-bond acceptors (Lipinski definition) is 7. The highest BCUT2D eigenvalue weighted by atomic mass is 32.2. The van der Waals surface area contributed by atoms with Gasteiger partial charge >= 0.3 is 0 Å². The van der Waals surface area contributed by atoms with Crippen molar-refractivity contribution in [1.29, 1.82) is 4.78 Å². The fourth-order valence-electron chi connectivity index (χ4n) is 2.80. The second-order valence-electron chi connectivity index (χ2n) is 5.88. The van der Waals surface area contributed by atoms with Crippen molar-refractivity contribution in [2.24, 2.45) is 5.92 Å². The third-order valence-corrected chi connectivity index (χ3v) is 6.06. The summed E-state index contributed by atoms with van der Waals surface area (Å²) in [5, 5.41) is 0.759. The number of aromatic nitrogens is 2. The van der Waals surface area contributed by atoms with Crippen LogP contribution < -0.4 is 14.2 Å². The van der Waals surface area contributed by atoms with Gasteiger partial charge in [-0.3, -0.25) is 4.78 Å². The molecule has 7 nitrogen and oxygen atoms in total. The molecule has 1 aromatic heterocycles. The highest BCUT2D eigenvalue weighted by Crippen LogP contribution is 2.34. The molecular formula is C16H21N3O4S. The SMILES string of the molecule is COc1cc2ncnc(OCC3CCS(=N)(=O)CC3)c2cc1OC. The molecule has 0 amide bonds. The summed E-state index contributed by atoms with van der Waals surface area (Å²) in [7, 11) is 0.795. The van der Waals surface area contributed by atoms with Crippen molar-refractivity contribution in [2.75, 3.05) is 32.3 Å². The van der Waals surface area contributed by atoms with Crippen LogP contribution in [0.1, 0.15) is 12.8 Å². The van der Waals surface area contributed by atoms with Gasteiger partial charge in [-0.1, -0.05) is 0 Å². The number of methoxy groups -OCH3 is 2. The second-order valence-corrected chi connectivity index (χ2v) is 8.32. The topological polar surface area (TPSA) is 94.4 Å². The zero-order valence-corrected chi connectivity index (χ0v) is 14.6. The molecule has 0 unspecified atom stereocenters. The lowest BCUT2D eigenvalue weighted by Gasteiger charge is -2.23. The van der Waals surface area contributed by atoms with Gasteiger partial charge in [-0.25, -0.2) is 14.2 Å². The molecule has 2 heterocycles. The predicted molar refractivity (Wildman–Crippen MR) is 91.5 cm³/mol. The lowest BCUT2D eigenvalue weighted by Crippen LogP contribution is -2.26. The van der Waals surface area contributed by atoms with Crippen molar-refractivity contribution in [3.63, 3.8) is 0 Å². The van der Waals surface area contributed by atoms with Crippen LogP contribution in [0.3, 0.4) is 0 Å². The predicted octanol–water partition coefficient (Wildman–Crippen LogP) is 2.48. The van der Waals surface area contributed by atoms with Gasteiger partial charge in [-0.2, -0.15) is 0 Å². The molecule has 0 aliphatic carbocycles. The molecule has 0 bridgehead atoms. The van der Waals surface area contributed by atoms with E-state index in [1.807, 2.05) is 0 Å². The minimum absolute atomic E-state index is 0.301. The zero-order valence-electron chi connectivity index (χ0n) is 13.8. The minimum atomic E-state index is -2.36. The number of benzene rings is 1. The molecule has 8 heteroatoms. The highest BCUT2D eigenvalue weighted by molar-refractivity contribution is 7.92. The highest BCUT2D eigenvalue weighted by Gasteiger charge is 2.22. The molecular weight excluding hydrogens is 330 g/mol. The second kappa shape index (κ2) is 6.80. The van der Waals surface area contributed by atoms with Crippen molar-refractivity contribution in [3.8, 4) is 17.4 Å². The van der Waals surface area contributed by atoms with E-state index >= 15 is 0 Å². The van der Waals surface area contributed by atoms with E-state index in [0.717, 1.165) is 23.7 Å². The van der Waals surface area contributed by atoms with Crippen molar-refractivity contribution in [3.05, 3.63) is 18.5 Å². The first-order valence-corrected chi connectivity index (χ1v) is 9.66. The Morgan fingerprint density at radius 2 is 1.83 bits per heavy atom. The van der Waals surface area contributed by atoms with E-state index in [-0.39, 0.29) is 0 Å². The van der Waals surface area contributed by atoms with Crippen LogP contribution in [0.15, 0.2) is 18.5 Å². The molecule has 0 radical (unpaired) electrons. The van der Waals surface area contributed by atoms with Gasteiger partial charge in [-0.15, -0.1) is 0 Å². The molecule has 130 valence electrons. The van der Waals surface area contributed by atoms with Crippen LogP contribution in [0, 0.1) is 10.7 Å².